The number of aliphatic hydroxyl groups excluding tert-OH is 1. The molecule has 2 rings (SSSR count). The van der Waals surface area contributed by atoms with Crippen LogP contribution in [0.5, 0.6) is 0 Å². The smallest absolute Gasteiger partial charge is 0.147 e. The van der Waals surface area contributed by atoms with Crippen molar-refractivity contribution in [2.75, 3.05) is 11.9 Å². The van der Waals surface area contributed by atoms with Crippen LogP contribution in [0.3, 0.4) is 0 Å². The van der Waals surface area contributed by atoms with E-state index in [1.54, 1.807) is 23.7 Å². The molecule has 0 spiro atoms. The topological polar surface area (TPSA) is 62.1 Å². The molecule has 84 valence electrons. The van der Waals surface area contributed by atoms with E-state index in [1.807, 2.05) is 22.8 Å². The first-order valence-corrected chi connectivity index (χ1v) is 5.74. The lowest BCUT2D eigenvalue weighted by molar-refractivity contribution is 0.276. The number of aliphatic hydroxyl groups is 1. The first-order valence-electron chi connectivity index (χ1n) is 4.79. The molecule has 0 fully saturated rings. The molecule has 0 amide bonds. The fraction of sp³-hybridized carbons (Fsp3) is 0.300. The molecule has 6 heteroatoms. The molecular weight excluding hydrogens is 224 g/mol. The van der Waals surface area contributed by atoms with Crippen LogP contribution in [-0.2, 0) is 13.2 Å². The first-order chi connectivity index (χ1) is 7.79. The van der Waals surface area contributed by atoms with Gasteiger partial charge in [-0.15, -0.1) is 11.3 Å². The predicted octanol–water partition coefficient (Wildman–Crippen LogP) is 1.06. The van der Waals surface area contributed by atoms with Gasteiger partial charge in [0, 0.05) is 12.4 Å². The molecule has 0 aromatic carbocycles. The molecule has 2 aromatic rings. The number of hydrogen-bond donors (Lipinski definition) is 1. The van der Waals surface area contributed by atoms with Gasteiger partial charge in [-0.05, 0) is 0 Å². The lowest BCUT2D eigenvalue weighted by atomic mass is 10.4. The Bertz CT molecular complexity index is 429. The summed E-state index contributed by atoms with van der Waals surface area (Å²) in [6.45, 7) is 0.625. The van der Waals surface area contributed by atoms with Gasteiger partial charge in [0.15, 0.2) is 0 Å². The fourth-order valence-electron chi connectivity index (χ4n) is 1.27. The summed E-state index contributed by atoms with van der Waals surface area (Å²) in [5.41, 5.74) is 3.40. The third kappa shape index (κ3) is 2.53. The highest BCUT2D eigenvalue weighted by molar-refractivity contribution is 7.07. The van der Waals surface area contributed by atoms with Gasteiger partial charge in [-0.2, -0.15) is 0 Å². The van der Waals surface area contributed by atoms with Crippen molar-refractivity contribution in [2.45, 2.75) is 13.2 Å². The second kappa shape index (κ2) is 5.00. The zero-order valence-electron chi connectivity index (χ0n) is 8.87. The van der Waals surface area contributed by atoms with Gasteiger partial charge in [-0.3, -0.25) is 4.98 Å². The summed E-state index contributed by atoms with van der Waals surface area (Å²) in [7, 11) is 1.93. The highest BCUT2D eigenvalue weighted by atomic mass is 32.1. The summed E-state index contributed by atoms with van der Waals surface area (Å²) in [6, 6.07) is 0. The van der Waals surface area contributed by atoms with E-state index in [1.165, 1.54) is 0 Å². The molecule has 16 heavy (non-hydrogen) atoms. The number of hydrogen-bond acceptors (Lipinski definition) is 6. The minimum Gasteiger partial charge on any atom is -0.390 e. The van der Waals surface area contributed by atoms with Gasteiger partial charge in [-0.25, -0.2) is 9.97 Å². The SMILES string of the molecule is CN(Cc1cscn1)c1cnc(CO)cn1. The molecule has 1 N–H and O–H groups in total. The second-order valence-corrected chi connectivity index (χ2v) is 4.08. The Morgan fingerprint density at radius 2 is 2.12 bits per heavy atom. The molecular formula is C10H12N4OS. The first kappa shape index (κ1) is 11.0. The number of nitrogens with zero attached hydrogens (tertiary/aromatic N) is 4. The standard InChI is InChI=1S/C10H12N4OS/c1-14(4-9-6-16-7-13-9)10-3-11-8(5-15)2-12-10/h2-3,6-7,15H,4-5H2,1H3. The number of thiazole rings is 1. The highest BCUT2D eigenvalue weighted by Crippen LogP contribution is 2.11. The van der Waals surface area contributed by atoms with Crippen molar-refractivity contribution in [3.63, 3.8) is 0 Å². The maximum Gasteiger partial charge on any atom is 0.147 e. The van der Waals surface area contributed by atoms with Crippen LogP contribution in [0, 0.1) is 0 Å². The van der Waals surface area contributed by atoms with E-state index in [2.05, 4.69) is 15.0 Å². The van der Waals surface area contributed by atoms with Gasteiger partial charge in [-0.1, -0.05) is 0 Å². The average Bonchev–Trinajstić information content (AvgIpc) is 2.82. The molecule has 0 saturated heterocycles. The molecule has 2 aromatic heterocycles. The Kier molecular flexibility index (Phi) is 3.43. The van der Waals surface area contributed by atoms with Gasteiger partial charge >= 0.3 is 0 Å². The predicted molar refractivity (Wildman–Crippen MR) is 62.2 cm³/mol. The van der Waals surface area contributed by atoms with Crippen LogP contribution in [-0.4, -0.2) is 27.1 Å². The number of anilines is 1. The zero-order valence-corrected chi connectivity index (χ0v) is 9.68. The number of rotatable bonds is 4. The Labute approximate surface area is 97.4 Å². The molecule has 0 aliphatic heterocycles. The monoisotopic (exact) mass is 236 g/mol. The van der Waals surface area contributed by atoms with E-state index in [0.29, 0.717) is 12.2 Å². The summed E-state index contributed by atoms with van der Waals surface area (Å²) in [4.78, 5) is 14.5. The van der Waals surface area contributed by atoms with Crippen molar-refractivity contribution in [3.8, 4) is 0 Å². The Balaban J connectivity index is 2.05. The summed E-state index contributed by atoms with van der Waals surface area (Å²) in [5, 5.41) is 10.9. The van der Waals surface area contributed by atoms with E-state index in [-0.39, 0.29) is 6.61 Å². The van der Waals surface area contributed by atoms with Crippen molar-refractivity contribution in [2.24, 2.45) is 0 Å². The van der Waals surface area contributed by atoms with Crippen LogP contribution < -0.4 is 4.90 Å². The van der Waals surface area contributed by atoms with Crippen LogP contribution in [0.1, 0.15) is 11.4 Å². The van der Waals surface area contributed by atoms with E-state index in [0.717, 1.165) is 11.5 Å². The van der Waals surface area contributed by atoms with Crippen LogP contribution in [0.15, 0.2) is 23.3 Å². The van der Waals surface area contributed by atoms with Gasteiger partial charge in [0.05, 0.1) is 42.4 Å². The number of aromatic nitrogens is 3. The van der Waals surface area contributed by atoms with Crippen molar-refractivity contribution < 1.29 is 5.11 Å². The third-order valence-corrected chi connectivity index (χ3v) is 2.76. The third-order valence-electron chi connectivity index (χ3n) is 2.13. The van der Waals surface area contributed by atoms with E-state index >= 15 is 0 Å². The molecule has 0 aliphatic carbocycles. The maximum absolute atomic E-state index is 8.85. The molecule has 0 aliphatic rings. The van der Waals surface area contributed by atoms with E-state index in [9.17, 15) is 0 Å². The largest absolute Gasteiger partial charge is 0.390 e. The van der Waals surface area contributed by atoms with Crippen LogP contribution in [0.25, 0.3) is 0 Å². The lowest BCUT2D eigenvalue weighted by Gasteiger charge is -2.16. The Hall–Kier alpha value is -1.53. The van der Waals surface area contributed by atoms with Crippen molar-refractivity contribution in [1.29, 1.82) is 0 Å². The van der Waals surface area contributed by atoms with Gasteiger partial charge in [0.1, 0.15) is 5.82 Å². The quantitative estimate of drug-likeness (QED) is 0.860. The van der Waals surface area contributed by atoms with E-state index in [4.69, 9.17) is 5.11 Å². The maximum atomic E-state index is 8.85. The zero-order chi connectivity index (χ0) is 11.4. The molecule has 0 saturated carbocycles. The van der Waals surface area contributed by atoms with Crippen LogP contribution in [0.2, 0.25) is 0 Å². The second-order valence-electron chi connectivity index (χ2n) is 3.36. The van der Waals surface area contributed by atoms with Crippen molar-refractivity contribution in [1.82, 2.24) is 15.0 Å². The van der Waals surface area contributed by atoms with Crippen molar-refractivity contribution in [3.05, 3.63) is 34.7 Å². The molecule has 2 heterocycles. The highest BCUT2D eigenvalue weighted by Gasteiger charge is 2.05. The van der Waals surface area contributed by atoms with E-state index < -0.39 is 0 Å². The van der Waals surface area contributed by atoms with Gasteiger partial charge < -0.3 is 10.0 Å². The Morgan fingerprint density at radius 1 is 1.25 bits per heavy atom. The van der Waals surface area contributed by atoms with Crippen molar-refractivity contribution >= 4 is 17.2 Å². The van der Waals surface area contributed by atoms with Crippen LogP contribution >= 0.6 is 11.3 Å². The summed E-state index contributed by atoms with van der Waals surface area (Å²) in [6.07, 6.45) is 3.23. The van der Waals surface area contributed by atoms with Gasteiger partial charge in [0.25, 0.3) is 0 Å². The molecule has 5 nitrogen and oxygen atoms in total. The summed E-state index contributed by atoms with van der Waals surface area (Å²) >= 11 is 1.58. The molecule has 0 unspecified atom stereocenters. The average molecular weight is 236 g/mol. The summed E-state index contributed by atoms with van der Waals surface area (Å²) < 4.78 is 0. The summed E-state index contributed by atoms with van der Waals surface area (Å²) in [5.74, 6) is 0.769. The molecule has 0 bridgehead atoms. The molecule has 0 radical (unpaired) electrons. The minimum absolute atomic E-state index is 0.0803. The lowest BCUT2D eigenvalue weighted by Crippen LogP contribution is -2.18. The van der Waals surface area contributed by atoms with Gasteiger partial charge in [0.2, 0.25) is 0 Å². The molecule has 0 atom stereocenters. The normalized spacial score (nSPS) is 10.4. The minimum atomic E-state index is -0.0803. The van der Waals surface area contributed by atoms with Crippen LogP contribution in [0.4, 0.5) is 5.82 Å². The Morgan fingerprint density at radius 3 is 2.69 bits per heavy atom. The fourth-order valence-corrected chi connectivity index (χ4v) is 1.82.